The highest BCUT2D eigenvalue weighted by molar-refractivity contribution is 6.11. The van der Waals surface area contributed by atoms with Gasteiger partial charge in [0.15, 0.2) is 0 Å². The fourth-order valence-corrected chi connectivity index (χ4v) is 2.93. The number of carboxylic acid groups (broad SMARTS) is 1. The lowest BCUT2D eigenvalue weighted by Gasteiger charge is -2.14. The van der Waals surface area contributed by atoms with Gasteiger partial charge in [0, 0.05) is 17.7 Å². The molecule has 0 unspecified atom stereocenters. The van der Waals surface area contributed by atoms with Crippen LogP contribution in [-0.4, -0.2) is 34.9 Å². The number of hydrogen-bond acceptors (Lipinski definition) is 6. The second-order valence-corrected chi connectivity index (χ2v) is 6.90. The van der Waals surface area contributed by atoms with Crippen LogP contribution in [0.3, 0.4) is 0 Å². The van der Waals surface area contributed by atoms with Gasteiger partial charge in [-0.2, -0.15) is 0 Å². The number of benzene rings is 3. The molecule has 10 heteroatoms. The van der Waals surface area contributed by atoms with Crippen molar-refractivity contribution < 1.29 is 29.2 Å². The van der Waals surface area contributed by atoms with Crippen molar-refractivity contribution in [1.82, 2.24) is 5.32 Å². The highest BCUT2D eigenvalue weighted by atomic mass is 16.6. The Hall–Kier alpha value is -4.99. The predicted molar refractivity (Wildman–Crippen MR) is 124 cm³/mol. The van der Waals surface area contributed by atoms with Gasteiger partial charge in [-0.25, -0.2) is 4.79 Å². The van der Waals surface area contributed by atoms with E-state index in [1.165, 1.54) is 55.7 Å². The molecule has 0 aliphatic heterocycles. The Balaban J connectivity index is 1.96. The molecule has 0 saturated heterocycles. The van der Waals surface area contributed by atoms with Crippen LogP contribution in [0, 0.1) is 10.1 Å². The first-order valence-corrected chi connectivity index (χ1v) is 9.83. The van der Waals surface area contributed by atoms with Crippen molar-refractivity contribution in [2.24, 2.45) is 0 Å². The molecular weight excluding hydrogens is 442 g/mol. The van der Waals surface area contributed by atoms with E-state index in [-0.39, 0.29) is 28.4 Å². The van der Waals surface area contributed by atoms with Crippen molar-refractivity contribution in [3.63, 3.8) is 0 Å². The minimum absolute atomic E-state index is 0.0784. The molecule has 3 aromatic carbocycles. The Labute approximate surface area is 193 Å². The minimum atomic E-state index is -1.20. The van der Waals surface area contributed by atoms with Crippen LogP contribution in [-0.2, 0) is 4.79 Å². The lowest BCUT2D eigenvalue weighted by molar-refractivity contribution is -0.384. The molecular formula is C24H19N3O7. The number of methoxy groups -OCH3 is 1. The van der Waals surface area contributed by atoms with Crippen LogP contribution in [0.15, 0.2) is 78.5 Å². The molecule has 0 saturated carbocycles. The summed E-state index contributed by atoms with van der Waals surface area (Å²) < 4.78 is 5.19. The zero-order chi connectivity index (χ0) is 24.7. The number of carbonyl (C=O) groups excluding carboxylic acids is 2. The lowest BCUT2D eigenvalue weighted by Crippen LogP contribution is -2.30. The number of hydrogen-bond donors (Lipinski definition) is 3. The largest absolute Gasteiger partial charge is 0.495 e. The second-order valence-electron chi connectivity index (χ2n) is 6.90. The van der Waals surface area contributed by atoms with Crippen LogP contribution in [0.5, 0.6) is 5.75 Å². The average molecular weight is 461 g/mol. The second kappa shape index (κ2) is 10.6. The molecule has 0 radical (unpaired) electrons. The Morgan fingerprint density at radius 3 is 2.24 bits per heavy atom. The van der Waals surface area contributed by atoms with Gasteiger partial charge in [0.05, 0.1) is 23.3 Å². The highest BCUT2D eigenvalue weighted by Crippen LogP contribution is 2.26. The standard InChI is InChI=1S/C24H19N3O7/c1-34-21-12-9-17(24(30)31)14-19(21)25-23(29)20(26-22(28)16-5-3-2-4-6-16)13-15-7-10-18(11-8-15)27(32)33/h2-14H,1H3,(H,25,29)(H,26,28)(H,30,31). The molecule has 0 heterocycles. The number of rotatable bonds is 8. The maximum absolute atomic E-state index is 13.1. The van der Waals surface area contributed by atoms with Crippen LogP contribution in [0.2, 0.25) is 0 Å². The molecule has 0 aliphatic carbocycles. The monoisotopic (exact) mass is 461 g/mol. The Morgan fingerprint density at radius 2 is 1.65 bits per heavy atom. The molecule has 0 spiro atoms. The van der Waals surface area contributed by atoms with E-state index in [2.05, 4.69) is 10.6 Å². The van der Waals surface area contributed by atoms with Gasteiger partial charge in [-0.15, -0.1) is 0 Å². The van der Waals surface area contributed by atoms with E-state index in [1.54, 1.807) is 30.3 Å². The van der Waals surface area contributed by atoms with Crippen molar-refractivity contribution in [1.29, 1.82) is 0 Å². The maximum atomic E-state index is 13.1. The summed E-state index contributed by atoms with van der Waals surface area (Å²) in [5, 5.41) is 25.2. The minimum Gasteiger partial charge on any atom is -0.495 e. The Morgan fingerprint density at radius 1 is 0.971 bits per heavy atom. The molecule has 34 heavy (non-hydrogen) atoms. The fraction of sp³-hybridized carbons (Fsp3) is 0.0417. The van der Waals surface area contributed by atoms with Crippen molar-refractivity contribution in [3.05, 3.63) is 105 Å². The van der Waals surface area contributed by atoms with Gasteiger partial charge in [0.2, 0.25) is 0 Å². The molecule has 172 valence electrons. The zero-order valence-electron chi connectivity index (χ0n) is 17.8. The number of carbonyl (C=O) groups is 3. The van der Waals surface area contributed by atoms with Crippen LogP contribution in [0.1, 0.15) is 26.3 Å². The van der Waals surface area contributed by atoms with E-state index < -0.39 is 22.7 Å². The van der Waals surface area contributed by atoms with Crippen molar-refractivity contribution >= 4 is 35.2 Å². The van der Waals surface area contributed by atoms with Crippen molar-refractivity contribution in [2.45, 2.75) is 0 Å². The van der Waals surface area contributed by atoms with E-state index in [0.717, 1.165) is 0 Å². The molecule has 0 aromatic heterocycles. The fourth-order valence-electron chi connectivity index (χ4n) is 2.93. The summed E-state index contributed by atoms with van der Waals surface area (Å²) in [6, 6.07) is 17.5. The van der Waals surface area contributed by atoms with E-state index in [1.807, 2.05) is 0 Å². The first-order valence-electron chi connectivity index (χ1n) is 9.83. The van der Waals surface area contributed by atoms with Gasteiger partial charge in [0.25, 0.3) is 17.5 Å². The van der Waals surface area contributed by atoms with Crippen LogP contribution < -0.4 is 15.4 Å². The number of nitro groups is 1. The summed E-state index contributed by atoms with van der Waals surface area (Å²) in [6.07, 6.45) is 1.34. The van der Waals surface area contributed by atoms with Gasteiger partial charge in [-0.05, 0) is 54.1 Å². The Bertz CT molecular complexity index is 1270. The normalized spacial score (nSPS) is 10.8. The summed E-state index contributed by atoms with van der Waals surface area (Å²) in [7, 11) is 1.36. The van der Waals surface area contributed by atoms with Crippen LogP contribution in [0.4, 0.5) is 11.4 Å². The summed E-state index contributed by atoms with van der Waals surface area (Å²) >= 11 is 0. The van der Waals surface area contributed by atoms with Gasteiger partial charge in [-0.3, -0.25) is 19.7 Å². The van der Waals surface area contributed by atoms with Gasteiger partial charge >= 0.3 is 5.97 Å². The third-order valence-electron chi connectivity index (χ3n) is 4.64. The Kier molecular flexibility index (Phi) is 7.34. The molecule has 0 atom stereocenters. The summed E-state index contributed by atoms with van der Waals surface area (Å²) in [5.41, 5.74) is 0.407. The average Bonchev–Trinajstić information content (AvgIpc) is 2.84. The van der Waals surface area contributed by atoms with E-state index >= 15 is 0 Å². The molecule has 2 amide bonds. The summed E-state index contributed by atoms with van der Waals surface area (Å²) in [5.74, 6) is -2.31. The summed E-state index contributed by atoms with van der Waals surface area (Å²) in [6.45, 7) is 0. The van der Waals surface area contributed by atoms with E-state index in [4.69, 9.17) is 4.74 Å². The first kappa shape index (κ1) is 23.7. The number of nitro benzene ring substituents is 1. The number of ether oxygens (including phenoxy) is 1. The number of non-ortho nitro benzene ring substituents is 1. The lowest BCUT2D eigenvalue weighted by atomic mass is 10.1. The molecule has 3 aromatic rings. The quantitative estimate of drug-likeness (QED) is 0.263. The van der Waals surface area contributed by atoms with Gasteiger partial charge < -0.3 is 20.5 Å². The third kappa shape index (κ3) is 5.82. The number of carboxylic acids is 1. The number of amides is 2. The highest BCUT2D eigenvalue weighted by Gasteiger charge is 2.18. The molecule has 0 aliphatic rings. The number of nitrogens with zero attached hydrogens (tertiary/aromatic N) is 1. The SMILES string of the molecule is COc1ccc(C(=O)O)cc1NC(=O)C(=Cc1ccc([N+](=O)[O-])cc1)NC(=O)c1ccccc1. The first-order chi connectivity index (χ1) is 16.3. The zero-order valence-corrected chi connectivity index (χ0v) is 17.8. The van der Waals surface area contributed by atoms with E-state index in [0.29, 0.717) is 11.1 Å². The van der Waals surface area contributed by atoms with Gasteiger partial charge in [-0.1, -0.05) is 18.2 Å². The molecule has 3 N–H and O–H groups in total. The molecule has 10 nitrogen and oxygen atoms in total. The van der Waals surface area contributed by atoms with Crippen molar-refractivity contribution in [3.8, 4) is 5.75 Å². The van der Waals surface area contributed by atoms with Crippen LogP contribution >= 0.6 is 0 Å². The maximum Gasteiger partial charge on any atom is 0.335 e. The molecule has 0 fully saturated rings. The third-order valence-corrected chi connectivity index (χ3v) is 4.64. The van der Waals surface area contributed by atoms with Crippen molar-refractivity contribution in [2.75, 3.05) is 12.4 Å². The topological polar surface area (TPSA) is 148 Å². The summed E-state index contributed by atoms with van der Waals surface area (Å²) in [4.78, 5) is 47.5. The number of aromatic carboxylic acids is 1. The molecule has 3 rings (SSSR count). The smallest absolute Gasteiger partial charge is 0.335 e. The predicted octanol–water partition coefficient (Wildman–Crippen LogP) is 3.71. The van der Waals surface area contributed by atoms with Gasteiger partial charge in [0.1, 0.15) is 11.4 Å². The number of nitrogens with one attached hydrogen (secondary N) is 2. The van der Waals surface area contributed by atoms with E-state index in [9.17, 15) is 29.6 Å². The number of anilines is 1. The van der Waals surface area contributed by atoms with Crippen LogP contribution in [0.25, 0.3) is 6.08 Å². The molecule has 0 bridgehead atoms.